The first kappa shape index (κ1) is 35.4. The molecular weight excluding hydrogens is 674 g/mol. The zero-order chi connectivity index (χ0) is 36.8. The third-order valence-corrected chi connectivity index (χ3v) is 8.88. The van der Waals surface area contributed by atoms with Crippen molar-refractivity contribution in [3.05, 3.63) is 88.5 Å². The predicted octanol–water partition coefficient (Wildman–Crippen LogP) is 6.04. The molecule has 0 saturated heterocycles. The monoisotopic (exact) mass is 708 g/mol. The van der Waals surface area contributed by atoms with Crippen LogP contribution in [-0.4, -0.2) is 50.1 Å². The van der Waals surface area contributed by atoms with Crippen LogP contribution in [0.15, 0.2) is 64.9 Å². The summed E-state index contributed by atoms with van der Waals surface area (Å²) in [5.74, 6) is -2.09. The van der Waals surface area contributed by atoms with Crippen LogP contribution in [0.4, 0.5) is 32.3 Å². The Balaban J connectivity index is 1.45. The number of nitrogens with one attached hydrogen (secondary N) is 1. The maximum absolute atomic E-state index is 15.4. The average molecular weight is 709 g/mol. The van der Waals surface area contributed by atoms with Gasteiger partial charge in [0.05, 0.1) is 17.4 Å². The van der Waals surface area contributed by atoms with E-state index in [9.17, 15) is 22.4 Å². The number of carbonyl (C=O) groups is 1. The number of carbonyl (C=O) groups excluding carboxylic acids is 1. The number of aromatic nitrogens is 4. The fourth-order valence-corrected chi connectivity index (χ4v) is 6.47. The second-order valence-corrected chi connectivity index (χ2v) is 13.7. The number of amides is 1. The standard InChI is InChI=1S/C36H34F6N8O/c1-35(2,3)11-10-21-6-7-22(23-5-4-12-50-33(23)48-49-34(50)44)30(46-21)26(15-18-13-19(37)16-20(38)14-18)47-27(51)17-45-31-28(29(43)32(39)40)24-8-9-25(24)36(31,41)42/h4-7,12-14,16,24-26,32H,8-9,15,17,43H2,1-3H3,(H2,44,49)(H,47,51)/t24-,25+,26?/m0/s1. The summed E-state index contributed by atoms with van der Waals surface area (Å²) in [6, 6.07) is 8.48. The fourth-order valence-electron chi connectivity index (χ4n) is 6.47. The molecule has 51 heavy (non-hydrogen) atoms. The van der Waals surface area contributed by atoms with Crippen LogP contribution in [0.25, 0.3) is 16.8 Å². The molecule has 1 aromatic carbocycles. The molecule has 1 unspecified atom stereocenters. The average Bonchev–Trinajstić information content (AvgIpc) is 3.47. The van der Waals surface area contributed by atoms with Gasteiger partial charge in [-0.3, -0.25) is 14.2 Å². The smallest absolute Gasteiger partial charge is 0.292 e. The lowest BCUT2D eigenvalue weighted by Crippen LogP contribution is -2.37. The van der Waals surface area contributed by atoms with Gasteiger partial charge in [-0.1, -0.05) is 5.92 Å². The van der Waals surface area contributed by atoms with Gasteiger partial charge in [0, 0.05) is 40.3 Å². The summed E-state index contributed by atoms with van der Waals surface area (Å²) in [5.41, 5.74) is 10.8. The number of rotatable bonds is 8. The molecule has 15 heteroatoms. The Labute approximate surface area is 289 Å². The fraction of sp³-hybridized carbons (Fsp3) is 0.361. The lowest BCUT2D eigenvalue weighted by Gasteiger charge is -2.32. The minimum atomic E-state index is -3.57. The molecule has 3 atom stereocenters. The van der Waals surface area contributed by atoms with E-state index in [1.807, 2.05) is 20.8 Å². The highest BCUT2D eigenvalue weighted by Gasteiger charge is 2.62. The zero-order valence-electron chi connectivity index (χ0n) is 27.8. The second-order valence-electron chi connectivity index (χ2n) is 13.7. The van der Waals surface area contributed by atoms with Crippen molar-refractivity contribution in [1.29, 1.82) is 0 Å². The molecule has 3 aromatic heterocycles. The molecule has 0 radical (unpaired) electrons. The van der Waals surface area contributed by atoms with E-state index in [1.165, 1.54) is 4.40 Å². The van der Waals surface area contributed by atoms with Crippen LogP contribution < -0.4 is 16.8 Å². The maximum Gasteiger partial charge on any atom is 0.292 e. The summed E-state index contributed by atoms with van der Waals surface area (Å²) >= 11 is 0. The number of nitrogens with zero attached hydrogens (tertiary/aromatic N) is 5. The molecule has 0 bridgehead atoms. The summed E-state index contributed by atoms with van der Waals surface area (Å²) in [6.07, 6.45) is -1.41. The minimum absolute atomic E-state index is 0.0997. The van der Waals surface area contributed by atoms with E-state index in [0.717, 1.165) is 12.1 Å². The van der Waals surface area contributed by atoms with E-state index in [2.05, 4.69) is 32.3 Å². The number of pyridine rings is 2. The highest BCUT2D eigenvalue weighted by Crippen LogP contribution is 2.57. The van der Waals surface area contributed by atoms with Crippen molar-refractivity contribution in [2.45, 2.75) is 58.4 Å². The Hall–Kier alpha value is -5.39. The van der Waals surface area contributed by atoms with Gasteiger partial charge in [0.2, 0.25) is 11.9 Å². The van der Waals surface area contributed by atoms with E-state index in [-0.39, 0.29) is 36.5 Å². The number of benzene rings is 1. The molecule has 1 amide bonds. The molecule has 2 aliphatic carbocycles. The SMILES string of the molecule is CC(C)(C)C#Cc1ccc(-c2cccn3c(N)nnc23)c(C(Cc2cc(F)cc(F)c2)NC(=O)CN=C2C(=C(N)C(F)F)[C@H]3CC[C@H]3C2(F)F)n1. The lowest BCUT2D eigenvalue weighted by atomic mass is 9.73. The molecule has 5 N–H and O–H groups in total. The van der Waals surface area contributed by atoms with Crippen molar-refractivity contribution in [1.82, 2.24) is 24.9 Å². The molecule has 9 nitrogen and oxygen atoms in total. The van der Waals surface area contributed by atoms with Crippen molar-refractivity contribution in [2.24, 2.45) is 28.0 Å². The normalized spacial score (nSPS) is 20.5. The van der Waals surface area contributed by atoms with Crippen LogP contribution in [0.3, 0.4) is 0 Å². The van der Waals surface area contributed by atoms with Gasteiger partial charge in [-0.15, -0.1) is 10.2 Å². The molecule has 2 fully saturated rings. The van der Waals surface area contributed by atoms with Crippen LogP contribution in [0.2, 0.25) is 0 Å². The molecule has 266 valence electrons. The van der Waals surface area contributed by atoms with Crippen molar-refractivity contribution >= 4 is 23.2 Å². The first-order chi connectivity index (χ1) is 24.0. The van der Waals surface area contributed by atoms with Crippen molar-refractivity contribution in [3.63, 3.8) is 0 Å². The Bertz CT molecular complexity index is 2120. The number of allylic oxidation sites excluding steroid dienone is 2. The summed E-state index contributed by atoms with van der Waals surface area (Å²) < 4.78 is 88.3. The van der Waals surface area contributed by atoms with Gasteiger partial charge in [-0.25, -0.2) is 22.5 Å². The summed E-state index contributed by atoms with van der Waals surface area (Å²) in [4.78, 5) is 22.3. The van der Waals surface area contributed by atoms with Crippen molar-refractivity contribution in [3.8, 4) is 23.0 Å². The van der Waals surface area contributed by atoms with Gasteiger partial charge in [-0.2, -0.15) is 8.78 Å². The summed E-state index contributed by atoms with van der Waals surface area (Å²) in [5, 5.41) is 10.9. The van der Waals surface area contributed by atoms with Crippen molar-refractivity contribution in [2.75, 3.05) is 12.3 Å². The van der Waals surface area contributed by atoms with E-state index in [1.54, 1.807) is 30.5 Å². The molecule has 0 spiro atoms. The number of nitrogens with two attached hydrogens (primary N) is 2. The third-order valence-electron chi connectivity index (χ3n) is 8.88. The quantitative estimate of drug-likeness (QED) is 0.151. The zero-order valence-corrected chi connectivity index (χ0v) is 27.8. The first-order valence-corrected chi connectivity index (χ1v) is 16.1. The van der Waals surface area contributed by atoms with E-state index < -0.39 is 76.7 Å². The number of nitrogen functional groups attached to an aromatic ring is 1. The van der Waals surface area contributed by atoms with Crippen LogP contribution in [0.5, 0.6) is 0 Å². The molecule has 0 aliphatic heterocycles. The molecule has 3 heterocycles. The molecule has 2 aliphatic rings. The molecule has 4 aromatic rings. The predicted molar refractivity (Wildman–Crippen MR) is 179 cm³/mol. The number of fused-ring (bicyclic) bond motifs is 2. The number of hydrogen-bond donors (Lipinski definition) is 3. The Morgan fingerprint density at radius 1 is 1.10 bits per heavy atom. The first-order valence-electron chi connectivity index (χ1n) is 16.1. The van der Waals surface area contributed by atoms with E-state index in [0.29, 0.717) is 28.5 Å². The highest BCUT2D eigenvalue weighted by molar-refractivity contribution is 6.10. The van der Waals surface area contributed by atoms with Gasteiger partial charge < -0.3 is 16.8 Å². The highest BCUT2D eigenvalue weighted by atomic mass is 19.3. The summed E-state index contributed by atoms with van der Waals surface area (Å²) in [7, 11) is 0. The second kappa shape index (κ2) is 13.4. The van der Waals surface area contributed by atoms with E-state index >= 15 is 8.78 Å². The van der Waals surface area contributed by atoms with Gasteiger partial charge in [0.1, 0.15) is 29.6 Å². The van der Waals surface area contributed by atoms with Gasteiger partial charge in [0.15, 0.2) is 5.65 Å². The van der Waals surface area contributed by atoms with Crippen molar-refractivity contribution < 1.29 is 31.1 Å². The van der Waals surface area contributed by atoms with Crippen LogP contribution in [-0.2, 0) is 11.2 Å². The van der Waals surface area contributed by atoms with Crippen LogP contribution in [0, 0.1) is 40.7 Å². The molecule has 2 saturated carbocycles. The Morgan fingerprint density at radius 2 is 1.82 bits per heavy atom. The topological polar surface area (TPSA) is 137 Å². The number of aliphatic imine (C=N–C) groups is 1. The number of anilines is 1. The number of alkyl halides is 4. The van der Waals surface area contributed by atoms with Crippen LogP contribution >= 0.6 is 0 Å². The lowest BCUT2D eigenvalue weighted by molar-refractivity contribution is -0.120. The molecule has 6 rings (SSSR count). The van der Waals surface area contributed by atoms with Gasteiger partial charge in [-0.05, 0) is 93.8 Å². The Morgan fingerprint density at radius 3 is 2.47 bits per heavy atom. The largest absolute Gasteiger partial charge is 0.397 e. The van der Waals surface area contributed by atoms with Crippen LogP contribution in [0.1, 0.15) is 56.6 Å². The minimum Gasteiger partial charge on any atom is -0.397 e. The Kier molecular flexibility index (Phi) is 9.30. The maximum atomic E-state index is 15.4. The third kappa shape index (κ3) is 7.13. The number of hydrogen-bond acceptors (Lipinski definition) is 7. The number of halogens is 6. The van der Waals surface area contributed by atoms with Gasteiger partial charge in [0.25, 0.3) is 12.3 Å². The summed E-state index contributed by atoms with van der Waals surface area (Å²) in [6.45, 7) is 4.84. The molecular formula is C36H34F6N8O. The van der Waals surface area contributed by atoms with E-state index in [4.69, 9.17) is 16.5 Å². The van der Waals surface area contributed by atoms with Gasteiger partial charge >= 0.3 is 0 Å².